The van der Waals surface area contributed by atoms with Crippen molar-refractivity contribution in [1.29, 1.82) is 0 Å². The number of fused-ring (bicyclic) bond motifs is 1. The van der Waals surface area contributed by atoms with Gasteiger partial charge < -0.3 is 14.6 Å². The predicted octanol–water partition coefficient (Wildman–Crippen LogP) is 3.02. The molecule has 3 aromatic rings. The van der Waals surface area contributed by atoms with Crippen molar-refractivity contribution < 1.29 is 8.83 Å². The van der Waals surface area contributed by atoms with Crippen LogP contribution in [-0.4, -0.2) is 4.57 Å². The van der Waals surface area contributed by atoms with Gasteiger partial charge in [0.2, 0.25) is 0 Å². The van der Waals surface area contributed by atoms with Gasteiger partial charge in [0.1, 0.15) is 5.76 Å². The molecule has 0 fully saturated rings. The standard InChI is InChI=1S/C14H13BrN2O3/c1-2-17-9-4-3-8(7-11(9)20-14(17)18)13(16)10-5-6-12(15)19-10/h3-7,13H,2,16H2,1H3. The zero-order chi connectivity index (χ0) is 14.3. The maximum absolute atomic E-state index is 11.7. The lowest BCUT2D eigenvalue weighted by molar-refractivity contribution is 0.470. The number of hydrogen-bond donors (Lipinski definition) is 1. The SMILES string of the molecule is CCn1c(=O)oc2cc(C(N)c3ccc(Br)o3)ccc21. The lowest BCUT2D eigenvalue weighted by Crippen LogP contribution is -2.12. The third-order valence-corrected chi connectivity index (χ3v) is 3.69. The van der Waals surface area contributed by atoms with E-state index in [4.69, 9.17) is 14.6 Å². The molecule has 3 rings (SSSR count). The third-order valence-electron chi connectivity index (χ3n) is 3.27. The molecule has 6 heteroatoms. The zero-order valence-corrected chi connectivity index (χ0v) is 12.4. The summed E-state index contributed by atoms with van der Waals surface area (Å²) < 4.78 is 12.9. The topological polar surface area (TPSA) is 74.3 Å². The fraction of sp³-hybridized carbons (Fsp3) is 0.214. The van der Waals surface area contributed by atoms with Crippen LogP contribution in [-0.2, 0) is 6.54 Å². The average molecular weight is 337 g/mol. The maximum atomic E-state index is 11.7. The smallest absolute Gasteiger partial charge is 0.419 e. The number of rotatable bonds is 3. The second-order valence-electron chi connectivity index (χ2n) is 4.46. The lowest BCUT2D eigenvalue weighted by atomic mass is 10.1. The second kappa shape index (κ2) is 4.96. The van der Waals surface area contributed by atoms with Crippen LogP contribution in [0.25, 0.3) is 11.1 Å². The van der Waals surface area contributed by atoms with Crippen molar-refractivity contribution in [3.63, 3.8) is 0 Å². The molecule has 0 aliphatic carbocycles. The number of furan rings is 1. The summed E-state index contributed by atoms with van der Waals surface area (Å²) in [4.78, 5) is 11.7. The summed E-state index contributed by atoms with van der Waals surface area (Å²) >= 11 is 3.25. The molecule has 1 atom stereocenters. The molecule has 1 aromatic carbocycles. The molecule has 5 nitrogen and oxygen atoms in total. The zero-order valence-electron chi connectivity index (χ0n) is 10.8. The number of aryl methyl sites for hydroxylation is 1. The van der Waals surface area contributed by atoms with Gasteiger partial charge in [-0.05, 0) is 52.7 Å². The van der Waals surface area contributed by atoms with Gasteiger partial charge in [-0.15, -0.1) is 0 Å². The van der Waals surface area contributed by atoms with Gasteiger partial charge in [-0.25, -0.2) is 4.79 Å². The Morgan fingerprint density at radius 2 is 2.10 bits per heavy atom. The number of nitrogens with zero attached hydrogens (tertiary/aromatic N) is 1. The fourth-order valence-corrected chi connectivity index (χ4v) is 2.55. The minimum atomic E-state index is -0.402. The van der Waals surface area contributed by atoms with Crippen molar-refractivity contribution in [3.8, 4) is 0 Å². The summed E-state index contributed by atoms with van der Waals surface area (Å²) in [6.07, 6.45) is 0. The minimum Gasteiger partial charge on any atom is -0.452 e. The Kier molecular flexibility index (Phi) is 3.27. The summed E-state index contributed by atoms with van der Waals surface area (Å²) in [7, 11) is 0. The van der Waals surface area contributed by atoms with Crippen LogP contribution in [0, 0.1) is 0 Å². The van der Waals surface area contributed by atoms with Crippen LogP contribution in [0.5, 0.6) is 0 Å². The molecule has 2 heterocycles. The van der Waals surface area contributed by atoms with E-state index in [0.29, 0.717) is 22.6 Å². The van der Waals surface area contributed by atoms with Crippen molar-refractivity contribution >= 4 is 27.0 Å². The number of nitrogens with two attached hydrogens (primary N) is 1. The van der Waals surface area contributed by atoms with E-state index in [9.17, 15) is 4.79 Å². The molecule has 2 aromatic heterocycles. The Hall–Kier alpha value is -1.79. The summed E-state index contributed by atoms with van der Waals surface area (Å²) in [5, 5.41) is 0. The Morgan fingerprint density at radius 1 is 1.30 bits per heavy atom. The molecule has 104 valence electrons. The van der Waals surface area contributed by atoms with E-state index in [-0.39, 0.29) is 5.76 Å². The van der Waals surface area contributed by atoms with Crippen LogP contribution >= 0.6 is 15.9 Å². The molecule has 0 saturated carbocycles. The largest absolute Gasteiger partial charge is 0.452 e. The molecular weight excluding hydrogens is 324 g/mol. The monoisotopic (exact) mass is 336 g/mol. The Labute approximate surface area is 123 Å². The molecule has 2 N–H and O–H groups in total. The summed E-state index contributed by atoms with van der Waals surface area (Å²) in [5.74, 6) is 0.294. The van der Waals surface area contributed by atoms with E-state index in [2.05, 4.69) is 15.9 Å². The van der Waals surface area contributed by atoms with E-state index < -0.39 is 6.04 Å². The highest BCUT2D eigenvalue weighted by Crippen LogP contribution is 2.26. The van der Waals surface area contributed by atoms with Gasteiger partial charge in [0, 0.05) is 6.54 Å². The Bertz CT molecular complexity index is 815. The van der Waals surface area contributed by atoms with Crippen LogP contribution in [0.1, 0.15) is 24.3 Å². The molecule has 0 spiro atoms. The van der Waals surface area contributed by atoms with Gasteiger partial charge in [-0.3, -0.25) is 4.57 Å². The second-order valence-corrected chi connectivity index (χ2v) is 5.24. The first-order chi connectivity index (χ1) is 9.60. The normalized spacial score (nSPS) is 12.9. The Morgan fingerprint density at radius 3 is 2.75 bits per heavy atom. The highest BCUT2D eigenvalue weighted by molar-refractivity contribution is 9.10. The van der Waals surface area contributed by atoms with Gasteiger partial charge in [0.15, 0.2) is 10.3 Å². The van der Waals surface area contributed by atoms with Crippen LogP contribution < -0.4 is 11.5 Å². The maximum Gasteiger partial charge on any atom is 0.419 e. The molecule has 0 saturated heterocycles. The number of benzene rings is 1. The molecule has 20 heavy (non-hydrogen) atoms. The molecule has 0 bridgehead atoms. The first-order valence-electron chi connectivity index (χ1n) is 6.24. The van der Waals surface area contributed by atoms with E-state index >= 15 is 0 Å². The third kappa shape index (κ3) is 2.10. The quantitative estimate of drug-likeness (QED) is 0.797. The van der Waals surface area contributed by atoms with Gasteiger partial charge in [0.05, 0.1) is 11.6 Å². The van der Waals surface area contributed by atoms with E-state index in [1.807, 2.05) is 25.1 Å². The van der Waals surface area contributed by atoms with Crippen molar-refractivity contribution in [2.75, 3.05) is 0 Å². The van der Waals surface area contributed by atoms with Crippen LogP contribution in [0.2, 0.25) is 0 Å². The van der Waals surface area contributed by atoms with Gasteiger partial charge in [0.25, 0.3) is 0 Å². The van der Waals surface area contributed by atoms with E-state index in [0.717, 1.165) is 11.1 Å². The number of hydrogen-bond acceptors (Lipinski definition) is 4. The Balaban J connectivity index is 2.07. The van der Waals surface area contributed by atoms with Gasteiger partial charge >= 0.3 is 5.76 Å². The predicted molar refractivity (Wildman–Crippen MR) is 78.6 cm³/mol. The van der Waals surface area contributed by atoms with Crippen molar-refractivity contribution in [2.45, 2.75) is 19.5 Å². The van der Waals surface area contributed by atoms with Crippen molar-refractivity contribution in [3.05, 3.63) is 56.9 Å². The lowest BCUT2D eigenvalue weighted by Gasteiger charge is -2.08. The first kappa shape index (κ1) is 13.2. The molecule has 0 aliphatic heterocycles. The molecule has 0 aliphatic rings. The molecule has 0 radical (unpaired) electrons. The van der Waals surface area contributed by atoms with Crippen LogP contribution in [0.4, 0.5) is 0 Å². The summed E-state index contributed by atoms with van der Waals surface area (Å²) in [5.41, 5.74) is 8.30. The highest BCUT2D eigenvalue weighted by Gasteiger charge is 2.15. The molecular formula is C14H13BrN2O3. The van der Waals surface area contributed by atoms with E-state index in [1.54, 1.807) is 16.7 Å². The highest BCUT2D eigenvalue weighted by atomic mass is 79.9. The number of oxazole rings is 1. The average Bonchev–Trinajstić information content (AvgIpc) is 2.99. The number of halogens is 1. The summed E-state index contributed by atoms with van der Waals surface area (Å²) in [6, 6.07) is 8.71. The number of aromatic nitrogens is 1. The molecule has 0 amide bonds. The van der Waals surface area contributed by atoms with Crippen molar-refractivity contribution in [2.24, 2.45) is 5.73 Å². The fourth-order valence-electron chi connectivity index (χ4n) is 2.24. The summed E-state index contributed by atoms with van der Waals surface area (Å²) in [6.45, 7) is 2.47. The van der Waals surface area contributed by atoms with Gasteiger partial charge in [-0.2, -0.15) is 0 Å². The minimum absolute atomic E-state index is 0.353. The van der Waals surface area contributed by atoms with Crippen molar-refractivity contribution in [1.82, 2.24) is 4.57 Å². The van der Waals surface area contributed by atoms with Crippen LogP contribution in [0.15, 0.2) is 48.6 Å². The van der Waals surface area contributed by atoms with Crippen LogP contribution in [0.3, 0.4) is 0 Å². The van der Waals surface area contributed by atoms with Gasteiger partial charge in [-0.1, -0.05) is 6.07 Å². The first-order valence-corrected chi connectivity index (χ1v) is 7.03. The van der Waals surface area contributed by atoms with E-state index in [1.165, 1.54) is 0 Å². The molecule has 1 unspecified atom stereocenters.